The molecule has 0 bridgehead atoms. The normalized spacial score (nSPS) is 14.7. The van der Waals surface area contributed by atoms with Crippen LogP contribution in [0, 0.1) is 5.92 Å². The zero-order valence-electron chi connectivity index (χ0n) is 31.1. The molecule has 23 heteroatoms. The van der Waals surface area contributed by atoms with E-state index in [2.05, 4.69) is 31.9 Å². The molecule has 0 aliphatic carbocycles. The molecule has 0 heterocycles. The van der Waals surface area contributed by atoms with Crippen molar-refractivity contribution in [1.82, 2.24) is 31.9 Å². The first kappa shape index (κ1) is 50.0. The maximum atomic E-state index is 13.6. The van der Waals surface area contributed by atoms with Crippen LogP contribution < -0.4 is 43.4 Å². The van der Waals surface area contributed by atoms with Crippen molar-refractivity contribution in [1.29, 1.82) is 0 Å². The number of amides is 7. The molecule has 0 fully saturated rings. The molecular formula is C32H54N8O14S. The minimum absolute atomic E-state index is 0.000183. The lowest BCUT2D eigenvalue weighted by Crippen LogP contribution is -2.60. The fourth-order valence-electron chi connectivity index (χ4n) is 4.66. The van der Waals surface area contributed by atoms with Crippen LogP contribution in [-0.2, 0) is 47.9 Å². The van der Waals surface area contributed by atoms with Gasteiger partial charge in [-0.25, -0.2) is 4.79 Å². The average Bonchev–Trinajstić information content (AvgIpc) is 3.09. The van der Waals surface area contributed by atoms with Crippen molar-refractivity contribution in [2.24, 2.45) is 17.4 Å². The number of carboxylic acid groups (broad SMARTS) is 3. The maximum absolute atomic E-state index is 13.6. The standard InChI is InChI=1S/C32H54N8O14S/c1-15(2)13-21(30(51)36-18(6-8-23(34)42)28(49)38-20(32(53)54)7-10-25(45)46)39-29(50)19(11-12-55-4)37-31(52)22(14-41)40-26(47)16(3)35-27(48)17(33)5-9-24(43)44/h15-22,41H,5-14,33H2,1-4H3,(H2,34,42)(H,35,48)(H,36,51)(H,37,52)(H,38,49)(H,39,50)(H,40,47)(H,43,44)(H,45,46)(H,53,54)/t16-,17-,18-,19-,20-,21-,22-/m0/s1. The molecule has 0 aliphatic heterocycles. The van der Waals surface area contributed by atoms with E-state index in [4.69, 9.17) is 21.7 Å². The van der Waals surface area contributed by atoms with Gasteiger partial charge in [-0.2, -0.15) is 11.8 Å². The Hall–Kier alpha value is -5.03. The van der Waals surface area contributed by atoms with Crippen molar-refractivity contribution in [3.63, 3.8) is 0 Å². The summed E-state index contributed by atoms with van der Waals surface area (Å²) in [6, 6.07) is -9.97. The predicted molar refractivity (Wildman–Crippen MR) is 195 cm³/mol. The number of carbonyl (C=O) groups is 10. The number of hydrogen-bond donors (Lipinski definition) is 12. The van der Waals surface area contributed by atoms with Crippen molar-refractivity contribution < 1.29 is 68.4 Å². The number of carboxylic acids is 3. The van der Waals surface area contributed by atoms with Crippen LogP contribution in [0.3, 0.4) is 0 Å². The molecule has 0 rings (SSSR count). The predicted octanol–water partition coefficient (Wildman–Crippen LogP) is -3.89. The van der Waals surface area contributed by atoms with Crippen molar-refractivity contribution in [3.8, 4) is 0 Å². The number of nitrogens with two attached hydrogens (primary N) is 2. The van der Waals surface area contributed by atoms with E-state index in [0.29, 0.717) is 5.75 Å². The Balaban J connectivity index is 5.98. The topological polar surface area (TPSA) is 376 Å². The molecule has 22 nitrogen and oxygen atoms in total. The largest absolute Gasteiger partial charge is 0.481 e. The van der Waals surface area contributed by atoms with Gasteiger partial charge in [-0.1, -0.05) is 13.8 Å². The van der Waals surface area contributed by atoms with Gasteiger partial charge in [0.25, 0.3) is 0 Å². The van der Waals surface area contributed by atoms with Crippen LogP contribution >= 0.6 is 11.8 Å². The summed E-state index contributed by atoms with van der Waals surface area (Å²) in [6.07, 6.45) is -0.727. The third-order valence-corrected chi connectivity index (χ3v) is 8.38. The van der Waals surface area contributed by atoms with Crippen LogP contribution in [0.4, 0.5) is 0 Å². The lowest BCUT2D eigenvalue weighted by molar-refractivity contribution is -0.143. The van der Waals surface area contributed by atoms with E-state index < -0.39 is 134 Å². The average molecular weight is 807 g/mol. The highest BCUT2D eigenvalue weighted by Gasteiger charge is 2.33. The molecule has 0 unspecified atom stereocenters. The van der Waals surface area contributed by atoms with Crippen LogP contribution in [0.1, 0.15) is 72.1 Å². The molecular weight excluding hydrogens is 752 g/mol. The molecule has 0 radical (unpaired) electrons. The van der Waals surface area contributed by atoms with Gasteiger partial charge in [0.2, 0.25) is 41.4 Å². The van der Waals surface area contributed by atoms with E-state index in [9.17, 15) is 58.2 Å². The van der Waals surface area contributed by atoms with E-state index in [1.807, 2.05) is 0 Å². The molecule has 7 atom stereocenters. The van der Waals surface area contributed by atoms with E-state index in [1.54, 1.807) is 20.1 Å². The molecule has 0 aromatic carbocycles. The second-order valence-corrected chi connectivity index (χ2v) is 13.9. The molecule has 0 saturated carbocycles. The van der Waals surface area contributed by atoms with Gasteiger partial charge in [-0.3, -0.25) is 43.2 Å². The highest BCUT2D eigenvalue weighted by molar-refractivity contribution is 7.98. The van der Waals surface area contributed by atoms with Gasteiger partial charge in [-0.05, 0) is 57.0 Å². The molecule has 0 aromatic rings. The monoisotopic (exact) mass is 806 g/mol. The molecule has 0 aromatic heterocycles. The summed E-state index contributed by atoms with van der Waals surface area (Å²) in [7, 11) is 0. The first-order chi connectivity index (χ1) is 25.6. The number of carbonyl (C=O) groups excluding carboxylic acids is 7. The quantitative estimate of drug-likeness (QED) is 0.0360. The number of primary amides is 1. The van der Waals surface area contributed by atoms with Crippen molar-refractivity contribution in [2.45, 2.75) is 114 Å². The zero-order valence-corrected chi connectivity index (χ0v) is 31.9. The fraction of sp³-hybridized carbons (Fsp3) is 0.688. The van der Waals surface area contributed by atoms with Crippen LogP contribution in [0.15, 0.2) is 0 Å². The Morgan fingerprint density at radius 1 is 0.564 bits per heavy atom. The van der Waals surface area contributed by atoms with Crippen molar-refractivity contribution in [2.75, 3.05) is 18.6 Å². The maximum Gasteiger partial charge on any atom is 0.326 e. The second-order valence-electron chi connectivity index (χ2n) is 12.9. The molecule has 0 aliphatic rings. The van der Waals surface area contributed by atoms with Crippen molar-refractivity contribution in [3.05, 3.63) is 0 Å². The summed E-state index contributed by atoms with van der Waals surface area (Å²) in [4.78, 5) is 123. The Morgan fingerprint density at radius 2 is 1.00 bits per heavy atom. The lowest BCUT2D eigenvalue weighted by Gasteiger charge is -2.27. The number of aliphatic hydroxyl groups is 1. The molecule has 55 heavy (non-hydrogen) atoms. The van der Waals surface area contributed by atoms with Crippen LogP contribution in [0.25, 0.3) is 0 Å². The van der Waals surface area contributed by atoms with Gasteiger partial charge < -0.3 is 63.8 Å². The Morgan fingerprint density at radius 3 is 1.47 bits per heavy atom. The zero-order chi connectivity index (χ0) is 42.4. The molecule has 0 spiro atoms. The molecule has 312 valence electrons. The Kier molecular flexibility index (Phi) is 23.5. The second kappa shape index (κ2) is 25.9. The number of aliphatic carboxylic acids is 3. The minimum Gasteiger partial charge on any atom is -0.481 e. The van der Waals surface area contributed by atoms with E-state index >= 15 is 0 Å². The van der Waals surface area contributed by atoms with Gasteiger partial charge in [0.15, 0.2) is 0 Å². The summed E-state index contributed by atoms with van der Waals surface area (Å²) in [5, 5.41) is 51.1. The smallest absolute Gasteiger partial charge is 0.326 e. The highest BCUT2D eigenvalue weighted by atomic mass is 32.2. The number of aliphatic hydroxyl groups excluding tert-OH is 1. The first-order valence-electron chi connectivity index (χ1n) is 17.3. The number of hydrogen-bond acceptors (Lipinski definition) is 13. The number of nitrogens with one attached hydrogen (secondary N) is 6. The summed E-state index contributed by atoms with van der Waals surface area (Å²) in [6.45, 7) is 3.76. The van der Waals surface area contributed by atoms with E-state index in [-0.39, 0.29) is 31.6 Å². The van der Waals surface area contributed by atoms with Crippen LogP contribution in [0.5, 0.6) is 0 Å². The summed E-state index contributed by atoms with van der Waals surface area (Å²) < 4.78 is 0. The Labute approximate surface area is 321 Å². The van der Waals surface area contributed by atoms with Gasteiger partial charge >= 0.3 is 17.9 Å². The van der Waals surface area contributed by atoms with Gasteiger partial charge in [0.05, 0.1) is 12.6 Å². The third-order valence-electron chi connectivity index (χ3n) is 7.73. The summed E-state index contributed by atoms with van der Waals surface area (Å²) in [5.74, 6) is -10.4. The SMILES string of the molecule is CSCC[C@H](NC(=O)[C@H](CO)NC(=O)[C@H](C)NC(=O)[C@@H](N)CCC(=O)O)C(=O)N[C@@H](CC(C)C)C(=O)N[C@@H](CCC(N)=O)C(=O)N[C@@H](CCC(=O)O)C(=O)O. The summed E-state index contributed by atoms with van der Waals surface area (Å²) in [5.41, 5.74) is 10.9. The third kappa shape index (κ3) is 20.9. The van der Waals surface area contributed by atoms with Gasteiger partial charge in [0.1, 0.15) is 36.3 Å². The number of thioether (sulfide) groups is 1. The molecule has 0 saturated heterocycles. The van der Waals surface area contributed by atoms with E-state index in [1.165, 1.54) is 18.7 Å². The highest BCUT2D eigenvalue weighted by Crippen LogP contribution is 2.10. The fourth-order valence-corrected chi connectivity index (χ4v) is 5.14. The molecule has 7 amide bonds. The van der Waals surface area contributed by atoms with Crippen molar-refractivity contribution >= 4 is 71.0 Å². The first-order valence-corrected chi connectivity index (χ1v) is 18.6. The van der Waals surface area contributed by atoms with E-state index in [0.717, 1.165) is 0 Å². The lowest BCUT2D eigenvalue weighted by atomic mass is 10.0. The van der Waals surface area contributed by atoms with Crippen LogP contribution in [-0.4, -0.2) is 141 Å². The number of rotatable bonds is 28. The Bertz CT molecular complexity index is 1380. The van der Waals surface area contributed by atoms with Crippen LogP contribution in [0.2, 0.25) is 0 Å². The van der Waals surface area contributed by atoms with Gasteiger partial charge in [0, 0.05) is 19.3 Å². The van der Waals surface area contributed by atoms with Gasteiger partial charge in [-0.15, -0.1) is 0 Å². The minimum atomic E-state index is -1.65. The molecule has 14 N–H and O–H groups in total. The summed E-state index contributed by atoms with van der Waals surface area (Å²) >= 11 is 1.31.